The first-order valence-corrected chi connectivity index (χ1v) is 7.59. The Morgan fingerprint density at radius 1 is 1.32 bits per heavy atom. The summed E-state index contributed by atoms with van der Waals surface area (Å²) in [4.78, 5) is -0.852. The van der Waals surface area contributed by atoms with Gasteiger partial charge in [-0.15, -0.1) is 0 Å². The van der Waals surface area contributed by atoms with E-state index in [4.69, 9.17) is 0 Å². The molecule has 1 aliphatic rings. The molecular formula is C12H16F2N2O2S. The van der Waals surface area contributed by atoms with E-state index in [1.54, 1.807) is 0 Å². The summed E-state index contributed by atoms with van der Waals surface area (Å²) < 4.78 is 53.4. The van der Waals surface area contributed by atoms with E-state index in [0.29, 0.717) is 19.5 Å². The maximum absolute atomic E-state index is 13.7. The molecule has 1 saturated heterocycles. The smallest absolute Gasteiger partial charge is 0.249 e. The zero-order valence-electron chi connectivity index (χ0n) is 10.6. The third kappa shape index (κ3) is 2.63. The quantitative estimate of drug-likeness (QED) is 0.890. The molecule has 2 rings (SSSR count). The van der Waals surface area contributed by atoms with Crippen molar-refractivity contribution in [3.8, 4) is 0 Å². The van der Waals surface area contributed by atoms with E-state index in [0.717, 1.165) is 18.2 Å². The number of nitrogens with one attached hydrogen (secondary N) is 1. The van der Waals surface area contributed by atoms with Gasteiger partial charge in [-0.3, -0.25) is 0 Å². The number of rotatable bonds is 5. The molecule has 106 valence electrons. The minimum Gasteiger partial charge on any atom is -0.313 e. The summed E-state index contributed by atoms with van der Waals surface area (Å²) in [6.07, 6.45) is 0.589. The zero-order chi connectivity index (χ0) is 14.0. The van der Waals surface area contributed by atoms with E-state index >= 15 is 0 Å². The van der Waals surface area contributed by atoms with Crippen LogP contribution in [0.25, 0.3) is 0 Å². The fourth-order valence-corrected chi connectivity index (χ4v) is 3.87. The van der Waals surface area contributed by atoms with Gasteiger partial charge in [0.25, 0.3) is 0 Å². The molecule has 0 unspecified atom stereocenters. The van der Waals surface area contributed by atoms with E-state index in [9.17, 15) is 17.2 Å². The van der Waals surface area contributed by atoms with Crippen LogP contribution in [-0.4, -0.2) is 38.4 Å². The normalized spacial score (nSPS) is 16.6. The third-order valence-electron chi connectivity index (χ3n) is 3.10. The van der Waals surface area contributed by atoms with Crippen molar-refractivity contribution in [1.29, 1.82) is 0 Å². The van der Waals surface area contributed by atoms with Crippen molar-refractivity contribution in [2.45, 2.75) is 24.3 Å². The summed E-state index contributed by atoms with van der Waals surface area (Å²) in [6, 6.07) is 2.83. The van der Waals surface area contributed by atoms with E-state index in [1.807, 2.05) is 6.92 Å². The monoisotopic (exact) mass is 290 g/mol. The molecule has 4 nitrogen and oxygen atoms in total. The predicted molar refractivity (Wildman–Crippen MR) is 67.2 cm³/mol. The number of sulfonamides is 1. The van der Waals surface area contributed by atoms with Crippen molar-refractivity contribution in [2.24, 2.45) is 0 Å². The molecule has 0 amide bonds. The highest BCUT2D eigenvalue weighted by Crippen LogP contribution is 2.25. The van der Waals surface area contributed by atoms with Crippen LogP contribution in [-0.2, 0) is 10.0 Å². The van der Waals surface area contributed by atoms with Gasteiger partial charge >= 0.3 is 0 Å². The molecule has 1 aromatic carbocycles. The summed E-state index contributed by atoms with van der Waals surface area (Å²) in [5.74, 6) is -2.10. The van der Waals surface area contributed by atoms with Crippen molar-refractivity contribution in [2.75, 3.05) is 19.6 Å². The van der Waals surface area contributed by atoms with Gasteiger partial charge in [0.05, 0.1) is 6.04 Å². The van der Waals surface area contributed by atoms with Crippen LogP contribution in [0.3, 0.4) is 0 Å². The standard InChI is InChI=1S/C12H16F2N2O2S/c1-2-6-16(9-7-15-8-9)19(17,18)12-10(13)4-3-5-11(12)14/h3-5,9,15H,2,6-8H2,1H3. The largest absolute Gasteiger partial charge is 0.313 e. The minimum atomic E-state index is -4.14. The van der Waals surface area contributed by atoms with Crippen LogP contribution in [0.2, 0.25) is 0 Å². The molecule has 0 aromatic heterocycles. The molecule has 19 heavy (non-hydrogen) atoms. The number of nitrogens with zero attached hydrogens (tertiary/aromatic N) is 1. The molecule has 1 aromatic rings. The van der Waals surface area contributed by atoms with Gasteiger partial charge in [-0.1, -0.05) is 13.0 Å². The van der Waals surface area contributed by atoms with E-state index in [1.165, 1.54) is 4.31 Å². The van der Waals surface area contributed by atoms with Crippen molar-refractivity contribution < 1.29 is 17.2 Å². The summed E-state index contributed by atoms with van der Waals surface area (Å²) in [6.45, 7) is 3.10. The Balaban J connectivity index is 2.44. The van der Waals surface area contributed by atoms with Gasteiger partial charge in [-0.05, 0) is 18.6 Å². The van der Waals surface area contributed by atoms with Gasteiger partial charge in [0.15, 0.2) is 4.90 Å². The maximum Gasteiger partial charge on any atom is 0.249 e. The summed E-state index contributed by atoms with van der Waals surface area (Å²) in [7, 11) is -4.14. The maximum atomic E-state index is 13.7. The summed E-state index contributed by atoms with van der Waals surface area (Å²) in [5.41, 5.74) is 0. The summed E-state index contributed by atoms with van der Waals surface area (Å²) in [5, 5.41) is 2.96. The number of hydrogen-bond donors (Lipinski definition) is 1. The lowest BCUT2D eigenvalue weighted by Crippen LogP contribution is -2.59. The Bertz CT molecular complexity index is 539. The van der Waals surface area contributed by atoms with E-state index < -0.39 is 26.6 Å². The lowest BCUT2D eigenvalue weighted by molar-refractivity contribution is 0.240. The molecule has 1 heterocycles. The van der Waals surface area contributed by atoms with Gasteiger partial charge in [0, 0.05) is 19.6 Å². The average Bonchev–Trinajstić information content (AvgIpc) is 2.25. The minimum absolute atomic E-state index is 0.232. The Morgan fingerprint density at radius 3 is 2.32 bits per heavy atom. The molecule has 0 radical (unpaired) electrons. The van der Waals surface area contributed by atoms with Crippen LogP contribution in [0.5, 0.6) is 0 Å². The average molecular weight is 290 g/mol. The second-order valence-corrected chi connectivity index (χ2v) is 6.31. The fraction of sp³-hybridized carbons (Fsp3) is 0.500. The van der Waals surface area contributed by atoms with Crippen LogP contribution in [0.15, 0.2) is 23.1 Å². The van der Waals surface area contributed by atoms with Crippen LogP contribution < -0.4 is 5.32 Å². The van der Waals surface area contributed by atoms with Gasteiger partial charge in [0.2, 0.25) is 10.0 Å². The van der Waals surface area contributed by atoms with Gasteiger partial charge in [-0.2, -0.15) is 4.31 Å². The molecule has 0 aliphatic carbocycles. The highest BCUT2D eigenvalue weighted by atomic mass is 32.2. The molecule has 1 fully saturated rings. The highest BCUT2D eigenvalue weighted by molar-refractivity contribution is 7.89. The predicted octanol–water partition coefficient (Wildman–Crippen LogP) is 1.34. The molecule has 1 N–H and O–H groups in total. The molecular weight excluding hydrogens is 274 g/mol. The van der Waals surface area contributed by atoms with Crippen molar-refractivity contribution in [3.63, 3.8) is 0 Å². The third-order valence-corrected chi connectivity index (χ3v) is 5.10. The number of hydrogen-bond acceptors (Lipinski definition) is 3. The number of halogens is 2. The first kappa shape index (κ1) is 14.4. The molecule has 0 atom stereocenters. The SMILES string of the molecule is CCCN(C1CNC1)S(=O)(=O)c1c(F)cccc1F. The van der Waals surface area contributed by atoms with Crippen molar-refractivity contribution >= 4 is 10.0 Å². The first-order chi connectivity index (χ1) is 8.98. The van der Waals surface area contributed by atoms with Gasteiger partial charge in [-0.25, -0.2) is 17.2 Å². The van der Waals surface area contributed by atoms with Crippen LogP contribution in [0.1, 0.15) is 13.3 Å². The first-order valence-electron chi connectivity index (χ1n) is 6.15. The van der Waals surface area contributed by atoms with Crippen LogP contribution in [0.4, 0.5) is 8.78 Å². The second kappa shape index (κ2) is 5.52. The summed E-state index contributed by atoms with van der Waals surface area (Å²) >= 11 is 0. The zero-order valence-corrected chi connectivity index (χ0v) is 11.4. The molecule has 7 heteroatoms. The Kier molecular flexibility index (Phi) is 4.17. The molecule has 0 bridgehead atoms. The molecule has 0 spiro atoms. The fourth-order valence-electron chi connectivity index (χ4n) is 2.04. The van der Waals surface area contributed by atoms with Crippen molar-refractivity contribution in [1.82, 2.24) is 9.62 Å². The topological polar surface area (TPSA) is 49.4 Å². The molecule has 1 aliphatic heterocycles. The Morgan fingerprint density at radius 2 is 1.89 bits per heavy atom. The highest BCUT2D eigenvalue weighted by Gasteiger charge is 2.37. The van der Waals surface area contributed by atoms with Gasteiger partial charge in [0.1, 0.15) is 11.6 Å². The Hall–Kier alpha value is -1.05. The van der Waals surface area contributed by atoms with Crippen LogP contribution >= 0.6 is 0 Å². The lowest BCUT2D eigenvalue weighted by atomic mass is 10.2. The Labute approximate surface area is 111 Å². The van der Waals surface area contributed by atoms with Gasteiger partial charge < -0.3 is 5.32 Å². The van der Waals surface area contributed by atoms with Crippen LogP contribution in [0, 0.1) is 11.6 Å². The van der Waals surface area contributed by atoms with E-state index in [2.05, 4.69) is 5.32 Å². The van der Waals surface area contributed by atoms with E-state index in [-0.39, 0.29) is 12.6 Å². The number of benzene rings is 1. The lowest BCUT2D eigenvalue weighted by Gasteiger charge is -2.37. The van der Waals surface area contributed by atoms with Crippen molar-refractivity contribution in [3.05, 3.63) is 29.8 Å². The molecule has 0 saturated carbocycles. The second-order valence-electron chi connectivity index (χ2n) is 4.48.